The highest BCUT2D eigenvalue weighted by atomic mass is 16.5. The number of benzene rings is 2. The summed E-state index contributed by atoms with van der Waals surface area (Å²) in [4.78, 5) is 21.6. The van der Waals surface area contributed by atoms with Crippen LogP contribution in [0.15, 0.2) is 79.0 Å². The third-order valence-corrected chi connectivity index (χ3v) is 7.01. The summed E-state index contributed by atoms with van der Waals surface area (Å²) in [7, 11) is 1.97. The topological polar surface area (TPSA) is 64.1 Å². The van der Waals surface area contributed by atoms with Crippen LogP contribution in [-0.2, 0) is 11.3 Å². The minimum atomic E-state index is 0.0423. The van der Waals surface area contributed by atoms with Crippen LogP contribution in [0, 0.1) is 13.8 Å². The van der Waals surface area contributed by atoms with Gasteiger partial charge in [0.2, 0.25) is 0 Å². The number of Topliss-reactive ketones (excluding diaryl/α,β-unsaturated/α-hetero) is 1. The van der Waals surface area contributed by atoms with E-state index < -0.39 is 0 Å². The number of aromatic nitrogens is 2. The molecule has 5 heteroatoms. The summed E-state index contributed by atoms with van der Waals surface area (Å²) >= 11 is 0. The van der Waals surface area contributed by atoms with E-state index in [1.54, 1.807) is 6.20 Å². The molecule has 0 aliphatic heterocycles. The molecule has 1 unspecified atom stereocenters. The Balaban J connectivity index is 1.70. The van der Waals surface area contributed by atoms with Crippen molar-refractivity contribution in [3.8, 4) is 0 Å². The van der Waals surface area contributed by atoms with Gasteiger partial charge < -0.3 is 10.1 Å². The first-order valence-electron chi connectivity index (χ1n) is 14.0. The van der Waals surface area contributed by atoms with Crippen molar-refractivity contribution in [3.63, 3.8) is 0 Å². The molecular weight excluding hydrogens is 482 g/mol. The van der Waals surface area contributed by atoms with Crippen molar-refractivity contribution in [2.24, 2.45) is 0 Å². The van der Waals surface area contributed by atoms with Crippen LogP contribution < -0.4 is 5.32 Å². The fraction of sp³-hybridized carbons (Fsp3) is 0.382. The SMILES string of the molecule is C=C(CC)CC/C=C(/CCC(=O)c1cnc(C)nc1C)c1ccc(COC(CCNC)c2ccccc2)cc1. The molecule has 0 aliphatic rings. The average Bonchev–Trinajstić information content (AvgIpc) is 2.95. The smallest absolute Gasteiger partial charge is 0.166 e. The molecule has 3 aromatic rings. The fourth-order valence-electron chi connectivity index (χ4n) is 4.53. The van der Waals surface area contributed by atoms with Gasteiger partial charge >= 0.3 is 0 Å². The summed E-state index contributed by atoms with van der Waals surface area (Å²) in [5.74, 6) is 0.761. The quantitative estimate of drug-likeness (QED) is 0.153. The number of nitrogens with zero attached hydrogens (tertiary/aromatic N) is 2. The van der Waals surface area contributed by atoms with Crippen molar-refractivity contribution in [2.75, 3.05) is 13.6 Å². The first kappa shape index (κ1) is 30.1. The van der Waals surface area contributed by atoms with Crippen molar-refractivity contribution in [2.45, 2.75) is 72.0 Å². The van der Waals surface area contributed by atoms with Gasteiger partial charge in [-0.15, -0.1) is 0 Å². The molecule has 5 nitrogen and oxygen atoms in total. The summed E-state index contributed by atoms with van der Waals surface area (Å²) in [5.41, 5.74) is 7.24. The molecular formula is C34H43N3O2. The van der Waals surface area contributed by atoms with Crippen LogP contribution in [0.1, 0.15) is 90.1 Å². The fourth-order valence-corrected chi connectivity index (χ4v) is 4.53. The first-order chi connectivity index (χ1) is 18.9. The number of aryl methyl sites for hydroxylation is 2. The van der Waals surface area contributed by atoms with Crippen LogP contribution in [0.5, 0.6) is 0 Å². The van der Waals surface area contributed by atoms with Crippen LogP contribution in [0.25, 0.3) is 5.57 Å². The van der Waals surface area contributed by atoms with E-state index in [0.29, 0.717) is 30.8 Å². The number of nitrogens with one attached hydrogen (secondary N) is 1. The van der Waals surface area contributed by atoms with E-state index in [-0.39, 0.29) is 11.9 Å². The second-order valence-electron chi connectivity index (χ2n) is 10.0. The van der Waals surface area contributed by atoms with Gasteiger partial charge in [-0.25, -0.2) is 9.97 Å². The molecule has 0 saturated carbocycles. The lowest BCUT2D eigenvalue weighted by molar-refractivity contribution is 0.0344. The monoisotopic (exact) mass is 525 g/mol. The molecule has 2 aromatic carbocycles. The lowest BCUT2D eigenvalue weighted by atomic mass is 9.95. The average molecular weight is 526 g/mol. The molecule has 0 amide bonds. The molecule has 0 aliphatic carbocycles. The van der Waals surface area contributed by atoms with Crippen LogP contribution in [-0.4, -0.2) is 29.3 Å². The molecule has 0 saturated heterocycles. The van der Waals surface area contributed by atoms with Gasteiger partial charge in [-0.2, -0.15) is 0 Å². The second-order valence-corrected chi connectivity index (χ2v) is 10.0. The third kappa shape index (κ3) is 9.68. The lowest BCUT2D eigenvalue weighted by Gasteiger charge is -2.19. The van der Waals surface area contributed by atoms with Crippen molar-refractivity contribution >= 4 is 11.4 Å². The van der Waals surface area contributed by atoms with Gasteiger partial charge in [-0.1, -0.05) is 79.7 Å². The van der Waals surface area contributed by atoms with E-state index in [2.05, 4.69) is 83.4 Å². The highest BCUT2D eigenvalue weighted by Crippen LogP contribution is 2.26. The van der Waals surface area contributed by atoms with Gasteiger partial charge in [-0.3, -0.25) is 4.79 Å². The van der Waals surface area contributed by atoms with Crippen molar-refractivity contribution < 1.29 is 9.53 Å². The van der Waals surface area contributed by atoms with Gasteiger partial charge in [0.15, 0.2) is 5.78 Å². The van der Waals surface area contributed by atoms with Crippen LogP contribution >= 0.6 is 0 Å². The Kier molecular flexibility index (Phi) is 12.3. The first-order valence-corrected chi connectivity index (χ1v) is 14.0. The zero-order valence-electron chi connectivity index (χ0n) is 24.0. The van der Waals surface area contributed by atoms with E-state index >= 15 is 0 Å². The molecule has 0 spiro atoms. The standard InChI is InChI=1S/C34H43N3O2/c1-6-25(2)11-10-14-29(19-20-33(38)32-23-36-27(4)37-26(32)3)30-17-15-28(16-18-30)24-39-34(21-22-35-5)31-12-8-7-9-13-31/h7-9,12-18,23,34-35H,2,6,10-11,19-22,24H2,1,3-5H3/b29-14-. The highest BCUT2D eigenvalue weighted by molar-refractivity contribution is 5.97. The number of carbonyl (C=O) groups excluding carboxylic acids is 1. The second kappa shape index (κ2) is 15.9. The van der Waals surface area contributed by atoms with Crippen molar-refractivity contribution in [3.05, 3.63) is 113 Å². The highest BCUT2D eigenvalue weighted by Gasteiger charge is 2.14. The molecule has 0 radical (unpaired) electrons. The largest absolute Gasteiger partial charge is 0.369 e. The summed E-state index contributed by atoms with van der Waals surface area (Å²) in [6.45, 7) is 11.4. The van der Waals surface area contributed by atoms with Crippen LogP contribution in [0.4, 0.5) is 0 Å². The summed E-state index contributed by atoms with van der Waals surface area (Å²) < 4.78 is 6.35. The zero-order chi connectivity index (χ0) is 28.0. The maximum atomic E-state index is 13.0. The lowest BCUT2D eigenvalue weighted by Crippen LogP contribution is -2.14. The maximum Gasteiger partial charge on any atom is 0.166 e. The molecule has 1 aromatic heterocycles. The normalized spacial score (nSPS) is 12.4. The number of hydrogen-bond donors (Lipinski definition) is 1. The van der Waals surface area contributed by atoms with Crippen molar-refractivity contribution in [1.82, 2.24) is 15.3 Å². The zero-order valence-corrected chi connectivity index (χ0v) is 24.0. The van der Waals surface area contributed by atoms with E-state index in [4.69, 9.17) is 4.74 Å². The summed E-state index contributed by atoms with van der Waals surface area (Å²) in [6.07, 6.45) is 8.82. The van der Waals surface area contributed by atoms with E-state index in [9.17, 15) is 4.79 Å². The van der Waals surface area contributed by atoms with Gasteiger partial charge in [-0.05, 0) is 81.8 Å². The molecule has 0 fully saturated rings. The predicted molar refractivity (Wildman–Crippen MR) is 161 cm³/mol. The van der Waals surface area contributed by atoms with Crippen molar-refractivity contribution in [1.29, 1.82) is 0 Å². The molecule has 39 heavy (non-hydrogen) atoms. The molecule has 1 heterocycles. The summed E-state index contributed by atoms with van der Waals surface area (Å²) in [5, 5.41) is 3.23. The van der Waals surface area contributed by atoms with E-state index in [0.717, 1.165) is 49.0 Å². The Bertz CT molecular complexity index is 1230. The Hall–Kier alpha value is -3.41. The van der Waals surface area contributed by atoms with Gasteiger partial charge in [0.05, 0.1) is 24.0 Å². The van der Waals surface area contributed by atoms with Crippen LogP contribution in [0.3, 0.4) is 0 Å². The number of allylic oxidation sites excluding steroid dienone is 3. The van der Waals surface area contributed by atoms with E-state index in [1.807, 2.05) is 27.0 Å². The molecule has 3 rings (SSSR count). The number of hydrogen-bond acceptors (Lipinski definition) is 5. The number of ether oxygens (including phenoxy) is 1. The number of carbonyl (C=O) groups is 1. The third-order valence-electron chi connectivity index (χ3n) is 7.01. The Labute approximate surface area is 234 Å². The van der Waals surface area contributed by atoms with Crippen LogP contribution in [0.2, 0.25) is 0 Å². The Morgan fingerprint density at radius 1 is 1.05 bits per heavy atom. The van der Waals surface area contributed by atoms with Gasteiger partial charge in [0.25, 0.3) is 0 Å². The number of rotatable bonds is 16. The molecule has 1 atom stereocenters. The van der Waals surface area contributed by atoms with Gasteiger partial charge in [0.1, 0.15) is 5.82 Å². The predicted octanol–water partition coefficient (Wildman–Crippen LogP) is 7.75. The van der Waals surface area contributed by atoms with Gasteiger partial charge in [0, 0.05) is 12.6 Å². The Morgan fingerprint density at radius 2 is 1.79 bits per heavy atom. The minimum absolute atomic E-state index is 0.0423. The maximum absolute atomic E-state index is 13.0. The molecule has 206 valence electrons. The molecule has 0 bridgehead atoms. The van der Waals surface area contributed by atoms with E-state index in [1.165, 1.54) is 16.7 Å². The number of ketones is 1. The summed E-state index contributed by atoms with van der Waals surface area (Å²) in [6, 6.07) is 19.0. The minimum Gasteiger partial charge on any atom is -0.369 e. The molecule has 1 N–H and O–H groups in total. The Morgan fingerprint density at radius 3 is 2.46 bits per heavy atom.